The van der Waals surface area contributed by atoms with Crippen molar-refractivity contribution in [1.29, 1.82) is 0 Å². The summed E-state index contributed by atoms with van der Waals surface area (Å²) >= 11 is 10.8. The van der Waals surface area contributed by atoms with Crippen LogP contribution in [0.1, 0.15) is 36.0 Å². The van der Waals surface area contributed by atoms with Gasteiger partial charge in [-0.1, -0.05) is 31.1 Å². The van der Waals surface area contributed by atoms with Crippen LogP contribution < -0.4 is 21.4 Å². The highest BCUT2D eigenvalue weighted by Gasteiger charge is 2.22. The number of hydrogen-bond acceptors (Lipinski definition) is 9. The van der Waals surface area contributed by atoms with E-state index < -0.39 is 5.97 Å². The highest BCUT2D eigenvalue weighted by atomic mass is 32.1. The number of carboxylic acids is 1. The molecule has 48 heavy (non-hydrogen) atoms. The Kier molecular flexibility index (Phi) is 12.7. The van der Waals surface area contributed by atoms with E-state index in [1.54, 1.807) is 24.3 Å². The monoisotopic (exact) mass is 693 g/mol. The Balaban J connectivity index is 1.05. The maximum Gasteiger partial charge on any atom is 0.336 e. The Labute approximate surface area is 288 Å². The third kappa shape index (κ3) is 9.48. The molecule has 1 heterocycles. The van der Waals surface area contributed by atoms with Crippen LogP contribution in [0.2, 0.25) is 0 Å². The summed E-state index contributed by atoms with van der Waals surface area (Å²) in [4.78, 5) is 25.5. The number of benzene rings is 3. The first-order valence-corrected chi connectivity index (χ1v) is 16.7. The third-order valence-corrected chi connectivity index (χ3v) is 8.73. The fraction of sp³-hybridized carbons (Fsp3) is 0.371. The molecule has 5 N–H and O–H groups in total. The number of carbonyl (C=O) groups is 1. The van der Waals surface area contributed by atoms with Gasteiger partial charge in [0.1, 0.15) is 17.1 Å². The molecular formula is C35H39N3O8S2. The zero-order valence-electron chi connectivity index (χ0n) is 26.4. The van der Waals surface area contributed by atoms with E-state index in [1.165, 1.54) is 56.0 Å². The highest BCUT2D eigenvalue weighted by molar-refractivity contribution is 7.80. The van der Waals surface area contributed by atoms with Crippen molar-refractivity contribution in [3.8, 4) is 28.2 Å². The van der Waals surface area contributed by atoms with Gasteiger partial charge >= 0.3 is 5.97 Å². The first-order valence-electron chi connectivity index (χ1n) is 15.9. The Hall–Kier alpha value is -4.14. The molecule has 2 aliphatic carbocycles. The summed E-state index contributed by atoms with van der Waals surface area (Å²) in [6.45, 7) is 3.99. The molecule has 0 spiro atoms. The van der Waals surface area contributed by atoms with Gasteiger partial charge in [0.15, 0.2) is 10.5 Å². The standard InChI is InChI=1S/C35H39N3O8S2/c39-24-6-9-27-30(20-24)46-31-21-25(40)7-10-28(31)32(27)26-8-5-23(19-29(26)34(41)42)38-35(48)37-12-14-44-16-18-45-17-15-43-13-11-36-33(47)22-3-1-2-4-22/h5-10,19-22,39H,1-4,11-18H2,(H,36,47)(H,41,42)(H2,37,38,48). The Morgan fingerprint density at radius 2 is 1.50 bits per heavy atom. The highest BCUT2D eigenvalue weighted by Crippen LogP contribution is 2.42. The molecule has 1 saturated carbocycles. The smallest absolute Gasteiger partial charge is 0.336 e. The van der Waals surface area contributed by atoms with Gasteiger partial charge in [-0.05, 0) is 67.0 Å². The average molecular weight is 694 g/mol. The van der Waals surface area contributed by atoms with Crippen molar-refractivity contribution in [3.05, 3.63) is 70.4 Å². The number of phenols is 1. The second-order valence-corrected chi connectivity index (χ2v) is 12.2. The lowest BCUT2D eigenvalue weighted by Gasteiger charge is -2.18. The van der Waals surface area contributed by atoms with Gasteiger partial charge in [-0.15, -0.1) is 0 Å². The molecule has 2 aromatic rings. The Morgan fingerprint density at radius 1 is 0.833 bits per heavy atom. The third-order valence-electron chi connectivity index (χ3n) is 8.00. The molecule has 3 aliphatic rings. The van der Waals surface area contributed by atoms with Gasteiger partial charge in [0.05, 0.1) is 50.2 Å². The summed E-state index contributed by atoms with van der Waals surface area (Å²) in [6.07, 6.45) is 4.92. The number of aromatic carboxylic acids is 1. The van der Waals surface area contributed by atoms with E-state index in [-0.39, 0.29) is 22.5 Å². The van der Waals surface area contributed by atoms with Crippen LogP contribution in [0.25, 0.3) is 33.4 Å². The summed E-state index contributed by atoms with van der Waals surface area (Å²) in [6, 6.07) is 13.8. The lowest BCUT2D eigenvalue weighted by Crippen LogP contribution is -2.31. The first kappa shape index (κ1) is 35.2. The van der Waals surface area contributed by atoms with Crippen LogP contribution in [0.4, 0.5) is 5.69 Å². The van der Waals surface area contributed by atoms with Crippen LogP contribution in [0.3, 0.4) is 0 Å². The molecule has 5 rings (SSSR count). The summed E-state index contributed by atoms with van der Waals surface area (Å²) < 4.78 is 22.6. The number of rotatable bonds is 16. The molecule has 1 fully saturated rings. The SMILES string of the molecule is O=C(O)c1cc(NC(=S)NCCOCCOCCOCCNC(=S)C2CCCC2)ccc1-c1c2ccc(=O)cc-2oc2cc(O)ccc12. The number of nitrogens with one attached hydrogen (secondary N) is 3. The molecule has 0 radical (unpaired) electrons. The van der Waals surface area contributed by atoms with E-state index in [2.05, 4.69) is 16.0 Å². The topological polar surface area (TPSA) is 152 Å². The van der Waals surface area contributed by atoms with E-state index in [1.807, 2.05) is 0 Å². The fourth-order valence-electron chi connectivity index (χ4n) is 5.70. The maximum absolute atomic E-state index is 12.4. The lowest BCUT2D eigenvalue weighted by molar-refractivity contribution is 0.0166. The molecular weight excluding hydrogens is 655 g/mol. The normalized spacial score (nSPS) is 13.2. The fourth-order valence-corrected chi connectivity index (χ4v) is 6.26. The zero-order chi connectivity index (χ0) is 33.9. The van der Waals surface area contributed by atoms with Gasteiger partial charge in [0, 0.05) is 53.3 Å². The number of aromatic hydroxyl groups is 1. The van der Waals surface area contributed by atoms with Crippen LogP contribution in [0.5, 0.6) is 5.75 Å². The zero-order valence-corrected chi connectivity index (χ0v) is 28.1. The van der Waals surface area contributed by atoms with Crippen LogP contribution in [0.15, 0.2) is 63.8 Å². The van der Waals surface area contributed by atoms with E-state index in [4.69, 9.17) is 43.1 Å². The largest absolute Gasteiger partial charge is 0.508 e. The van der Waals surface area contributed by atoms with Gasteiger partial charge in [-0.25, -0.2) is 4.79 Å². The number of carboxylic acid groups (broad SMARTS) is 1. The van der Waals surface area contributed by atoms with Crippen molar-refractivity contribution >= 4 is 57.2 Å². The minimum atomic E-state index is -1.15. The molecule has 0 saturated heterocycles. The van der Waals surface area contributed by atoms with Gasteiger partial charge < -0.3 is 44.8 Å². The molecule has 254 valence electrons. The first-order chi connectivity index (χ1) is 23.3. The van der Waals surface area contributed by atoms with Gasteiger partial charge in [-0.2, -0.15) is 0 Å². The van der Waals surface area contributed by atoms with Gasteiger partial charge in [0.2, 0.25) is 0 Å². The minimum absolute atomic E-state index is 0.0182. The molecule has 13 heteroatoms. The Bertz CT molecular complexity index is 1770. The molecule has 1 aliphatic heterocycles. The van der Waals surface area contributed by atoms with E-state index in [0.29, 0.717) is 97.1 Å². The number of ether oxygens (including phenoxy) is 3. The van der Waals surface area contributed by atoms with Crippen LogP contribution in [0, 0.1) is 5.92 Å². The quantitative estimate of drug-likeness (QED) is 0.0578. The molecule has 0 amide bonds. The summed E-state index contributed by atoms with van der Waals surface area (Å²) in [5.41, 5.74) is 2.10. The van der Waals surface area contributed by atoms with Gasteiger partial charge in [-0.3, -0.25) is 4.79 Å². The van der Waals surface area contributed by atoms with Crippen LogP contribution in [-0.2, 0) is 14.2 Å². The summed E-state index contributed by atoms with van der Waals surface area (Å²) in [5.74, 6) is -0.354. The van der Waals surface area contributed by atoms with Crippen molar-refractivity contribution in [2.24, 2.45) is 5.92 Å². The number of hydrogen-bond donors (Lipinski definition) is 5. The van der Waals surface area contributed by atoms with Crippen LogP contribution >= 0.6 is 24.4 Å². The molecule has 0 aromatic heterocycles. The van der Waals surface area contributed by atoms with Crippen molar-refractivity contribution in [1.82, 2.24) is 10.6 Å². The number of phenolic OH excluding ortho intramolecular Hbond substituents is 1. The predicted octanol–water partition coefficient (Wildman–Crippen LogP) is 5.41. The second-order valence-electron chi connectivity index (χ2n) is 11.4. The van der Waals surface area contributed by atoms with Crippen LogP contribution in [-0.4, -0.2) is 79.0 Å². The average Bonchev–Trinajstić information content (AvgIpc) is 3.61. The molecule has 0 unspecified atom stereocenters. The summed E-state index contributed by atoms with van der Waals surface area (Å²) in [7, 11) is 0. The van der Waals surface area contributed by atoms with E-state index >= 15 is 0 Å². The number of thiocarbonyl (C=S) groups is 2. The van der Waals surface area contributed by atoms with Crippen molar-refractivity contribution < 1.29 is 33.6 Å². The molecule has 11 nitrogen and oxygen atoms in total. The molecule has 2 aromatic carbocycles. The number of anilines is 1. The van der Waals surface area contributed by atoms with Crippen molar-refractivity contribution in [2.45, 2.75) is 25.7 Å². The summed E-state index contributed by atoms with van der Waals surface area (Å²) in [5, 5.41) is 30.4. The van der Waals surface area contributed by atoms with Crippen molar-refractivity contribution in [2.75, 3.05) is 58.0 Å². The van der Waals surface area contributed by atoms with Gasteiger partial charge in [0.25, 0.3) is 0 Å². The Morgan fingerprint density at radius 3 is 2.21 bits per heavy atom. The minimum Gasteiger partial charge on any atom is -0.508 e. The van der Waals surface area contributed by atoms with E-state index in [9.17, 15) is 19.8 Å². The maximum atomic E-state index is 12.4. The van der Waals surface area contributed by atoms with Crippen molar-refractivity contribution in [3.63, 3.8) is 0 Å². The van der Waals surface area contributed by atoms with E-state index in [0.717, 1.165) is 4.99 Å². The lowest BCUT2D eigenvalue weighted by atomic mass is 9.90. The molecule has 0 atom stereocenters. The second kappa shape index (κ2) is 17.3. The predicted molar refractivity (Wildman–Crippen MR) is 192 cm³/mol. The number of fused-ring (bicyclic) bond motifs is 2. The molecule has 0 bridgehead atoms.